The fourth-order valence-electron chi connectivity index (χ4n) is 3.29. The van der Waals surface area contributed by atoms with Crippen LogP contribution in [0.5, 0.6) is 0 Å². The van der Waals surface area contributed by atoms with Crippen molar-refractivity contribution >= 4 is 17.2 Å². The van der Waals surface area contributed by atoms with Crippen LogP contribution >= 0.6 is 11.3 Å². The first kappa shape index (κ1) is 18.1. The Balaban J connectivity index is 1.56. The van der Waals surface area contributed by atoms with Gasteiger partial charge in [0.15, 0.2) is 0 Å². The van der Waals surface area contributed by atoms with Crippen molar-refractivity contribution in [2.45, 2.75) is 31.6 Å². The predicted molar refractivity (Wildman–Crippen MR) is 103 cm³/mol. The lowest BCUT2D eigenvalue weighted by Crippen LogP contribution is -2.41. The quantitative estimate of drug-likeness (QED) is 0.822. The molecule has 4 nitrogen and oxygen atoms in total. The van der Waals surface area contributed by atoms with Crippen LogP contribution in [-0.4, -0.2) is 54.4 Å². The molecule has 0 atom stereocenters. The minimum atomic E-state index is 0.0487. The van der Waals surface area contributed by atoms with Crippen LogP contribution in [0.15, 0.2) is 36.5 Å². The van der Waals surface area contributed by atoms with E-state index in [1.807, 2.05) is 0 Å². The summed E-state index contributed by atoms with van der Waals surface area (Å²) in [5.74, 6) is 0.0487. The van der Waals surface area contributed by atoms with Gasteiger partial charge in [-0.05, 0) is 37.9 Å². The van der Waals surface area contributed by atoms with Gasteiger partial charge in [0.05, 0.1) is 11.2 Å². The molecular weight excluding hydrogens is 330 g/mol. The van der Waals surface area contributed by atoms with E-state index < -0.39 is 0 Å². The molecule has 134 valence electrons. The van der Waals surface area contributed by atoms with Gasteiger partial charge in [0.2, 0.25) is 0 Å². The van der Waals surface area contributed by atoms with Crippen LogP contribution in [0.1, 0.15) is 40.0 Å². The number of amides is 1. The van der Waals surface area contributed by atoms with Crippen LogP contribution in [0.4, 0.5) is 0 Å². The van der Waals surface area contributed by atoms with E-state index in [4.69, 9.17) is 0 Å². The molecule has 1 aromatic carbocycles. The number of likely N-dealkylation sites (tertiary alicyclic amines) is 1. The highest BCUT2D eigenvalue weighted by molar-refractivity contribution is 7.13. The van der Waals surface area contributed by atoms with E-state index in [1.54, 1.807) is 36.5 Å². The van der Waals surface area contributed by atoms with Crippen molar-refractivity contribution in [1.82, 2.24) is 14.8 Å². The van der Waals surface area contributed by atoms with Gasteiger partial charge in [0.1, 0.15) is 4.88 Å². The molecule has 1 aliphatic rings. The highest BCUT2D eigenvalue weighted by Crippen LogP contribution is 2.37. The standard InChI is InChI=1S/C20H27N3OS/c1-20(19-21-15-17(25-19)18(24)22(2)3)10-13-23(14-11-20)12-9-16-7-5-4-6-8-16/h4-8,15H,9-14H2,1-3H3. The van der Waals surface area contributed by atoms with Gasteiger partial charge in [-0.1, -0.05) is 37.3 Å². The Morgan fingerprint density at radius 1 is 1.24 bits per heavy atom. The SMILES string of the molecule is CN(C)C(=O)c1cnc(C2(C)CCN(CCc3ccccc3)CC2)s1. The third-order valence-electron chi connectivity index (χ3n) is 5.16. The van der Waals surface area contributed by atoms with Crippen molar-refractivity contribution in [1.29, 1.82) is 0 Å². The maximum absolute atomic E-state index is 12.1. The number of benzene rings is 1. The highest BCUT2D eigenvalue weighted by atomic mass is 32.1. The summed E-state index contributed by atoms with van der Waals surface area (Å²) >= 11 is 1.57. The van der Waals surface area contributed by atoms with Crippen LogP contribution in [0, 0.1) is 0 Å². The molecule has 1 aromatic heterocycles. The molecular formula is C20H27N3OS. The molecule has 1 saturated heterocycles. The summed E-state index contributed by atoms with van der Waals surface area (Å²) in [7, 11) is 3.57. The molecule has 0 aliphatic carbocycles. The monoisotopic (exact) mass is 357 g/mol. The Kier molecular flexibility index (Phi) is 5.54. The Hall–Kier alpha value is -1.72. The second-order valence-electron chi connectivity index (χ2n) is 7.37. The number of carbonyl (C=O) groups excluding carboxylic acids is 1. The first-order valence-corrected chi connectivity index (χ1v) is 9.74. The lowest BCUT2D eigenvalue weighted by atomic mass is 9.81. The molecule has 0 radical (unpaired) electrons. The summed E-state index contributed by atoms with van der Waals surface area (Å²) in [6.45, 7) is 5.60. The van der Waals surface area contributed by atoms with Crippen LogP contribution in [0.3, 0.4) is 0 Å². The molecule has 25 heavy (non-hydrogen) atoms. The third-order valence-corrected chi connectivity index (χ3v) is 6.45. The second kappa shape index (κ2) is 7.67. The van der Waals surface area contributed by atoms with Crippen LogP contribution in [0.2, 0.25) is 0 Å². The number of aromatic nitrogens is 1. The van der Waals surface area contributed by atoms with E-state index in [0.29, 0.717) is 0 Å². The van der Waals surface area contributed by atoms with Crippen LogP contribution in [-0.2, 0) is 11.8 Å². The van der Waals surface area contributed by atoms with E-state index in [1.165, 1.54) is 5.56 Å². The Bertz CT molecular complexity index is 703. The van der Waals surface area contributed by atoms with Gasteiger partial charge in [0.25, 0.3) is 5.91 Å². The predicted octanol–water partition coefficient (Wildman–Crippen LogP) is 3.44. The minimum absolute atomic E-state index is 0.0487. The van der Waals surface area contributed by atoms with Gasteiger partial charge in [-0.2, -0.15) is 0 Å². The largest absolute Gasteiger partial charge is 0.344 e. The zero-order valence-electron chi connectivity index (χ0n) is 15.4. The molecule has 0 unspecified atom stereocenters. The summed E-state index contributed by atoms with van der Waals surface area (Å²) in [6, 6.07) is 10.7. The van der Waals surface area contributed by atoms with Crippen molar-refractivity contribution in [3.05, 3.63) is 52.0 Å². The van der Waals surface area contributed by atoms with Crippen molar-refractivity contribution in [3.63, 3.8) is 0 Å². The van der Waals surface area contributed by atoms with E-state index in [9.17, 15) is 4.79 Å². The highest BCUT2D eigenvalue weighted by Gasteiger charge is 2.34. The smallest absolute Gasteiger partial charge is 0.265 e. The molecule has 0 bridgehead atoms. The molecule has 5 heteroatoms. The zero-order valence-corrected chi connectivity index (χ0v) is 16.2. The first-order chi connectivity index (χ1) is 12.0. The summed E-state index contributed by atoms with van der Waals surface area (Å²) in [5.41, 5.74) is 1.50. The summed E-state index contributed by atoms with van der Waals surface area (Å²) in [6.07, 6.45) is 5.06. The zero-order chi connectivity index (χ0) is 17.9. The molecule has 0 N–H and O–H groups in total. The lowest BCUT2D eigenvalue weighted by molar-refractivity contribution is 0.0832. The van der Waals surface area contributed by atoms with Crippen molar-refractivity contribution in [2.24, 2.45) is 0 Å². The molecule has 2 heterocycles. The molecule has 1 amide bonds. The van der Waals surface area contributed by atoms with Crippen molar-refractivity contribution in [3.8, 4) is 0 Å². The molecule has 2 aromatic rings. The first-order valence-electron chi connectivity index (χ1n) is 8.92. The van der Waals surface area contributed by atoms with Crippen LogP contribution < -0.4 is 0 Å². The number of hydrogen-bond donors (Lipinski definition) is 0. The number of piperidine rings is 1. The molecule has 0 saturated carbocycles. The fraction of sp³-hybridized carbons (Fsp3) is 0.500. The van der Waals surface area contributed by atoms with Gasteiger partial charge in [0, 0.05) is 26.1 Å². The van der Waals surface area contributed by atoms with E-state index in [0.717, 1.165) is 48.8 Å². The summed E-state index contributed by atoms with van der Waals surface area (Å²) in [4.78, 5) is 21.6. The molecule has 1 aliphatic heterocycles. The second-order valence-corrected chi connectivity index (χ2v) is 8.40. The van der Waals surface area contributed by atoms with E-state index >= 15 is 0 Å². The minimum Gasteiger partial charge on any atom is -0.344 e. The Labute approximate surface area is 154 Å². The number of carbonyl (C=O) groups is 1. The lowest BCUT2D eigenvalue weighted by Gasteiger charge is -2.38. The molecule has 0 spiro atoms. The third kappa shape index (κ3) is 4.28. The van der Waals surface area contributed by atoms with E-state index in [-0.39, 0.29) is 11.3 Å². The van der Waals surface area contributed by atoms with Crippen molar-refractivity contribution in [2.75, 3.05) is 33.7 Å². The normalized spacial score (nSPS) is 17.4. The van der Waals surface area contributed by atoms with Gasteiger partial charge in [-0.25, -0.2) is 4.98 Å². The van der Waals surface area contributed by atoms with Crippen LogP contribution in [0.25, 0.3) is 0 Å². The van der Waals surface area contributed by atoms with Gasteiger partial charge >= 0.3 is 0 Å². The topological polar surface area (TPSA) is 36.4 Å². The van der Waals surface area contributed by atoms with E-state index in [2.05, 4.69) is 47.1 Å². The number of rotatable bonds is 5. The van der Waals surface area contributed by atoms with Gasteiger partial charge in [-0.15, -0.1) is 11.3 Å². The Morgan fingerprint density at radius 2 is 1.92 bits per heavy atom. The Morgan fingerprint density at radius 3 is 2.56 bits per heavy atom. The maximum Gasteiger partial charge on any atom is 0.265 e. The van der Waals surface area contributed by atoms with Gasteiger partial charge in [-0.3, -0.25) is 4.79 Å². The number of hydrogen-bond acceptors (Lipinski definition) is 4. The summed E-state index contributed by atoms with van der Waals surface area (Å²) in [5, 5.41) is 1.11. The molecule has 1 fully saturated rings. The average molecular weight is 358 g/mol. The maximum atomic E-state index is 12.1. The fourth-order valence-corrected chi connectivity index (χ4v) is 4.43. The average Bonchev–Trinajstić information content (AvgIpc) is 3.12. The van der Waals surface area contributed by atoms with Gasteiger partial charge < -0.3 is 9.80 Å². The number of thiazole rings is 1. The van der Waals surface area contributed by atoms with Crippen molar-refractivity contribution < 1.29 is 4.79 Å². The number of nitrogens with zero attached hydrogens (tertiary/aromatic N) is 3. The molecule has 3 rings (SSSR count). The summed E-state index contributed by atoms with van der Waals surface area (Å²) < 4.78 is 0.